The number of fused-ring (bicyclic) bond motifs is 1. The quantitative estimate of drug-likeness (QED) is 0.838. The maximum atomic E-state index is 12.9. The summed E-state index contributed by atoms with van der Waals surface area (Å²) in [5, 5.41) is -0.410. The number of carbonyl (C=O) groups excluding carboxylic acids is 1. The van der Waals surface area contributed by atoms with E-state index in [1.54, 1.807) is 24.3 Å². The van der Waals surface area contributed by atoms with Crippen molar-refractivity contribution in [2.75, 3.05) is 24.1 Å². The lowest BCUT2D eigenvalue weighted by molar-refractivity contribution is 0.0982. The van der Waals surface area contributed by atoms with Gasteiger partial charge in [-0.25, -0.2) is 8.42 Å². The fourth-order valence-corrected chi connectivity index (χ4v) is 4.95. The Balaban J connectivity index is 2.01. The normalized spacial score (nSPS) is 21.0. The van der Waals surface area contributed by atoms with Gasteiger partial charge in [-0.3, -0.25) is 9.10 Å². The van der Waals surface area contributed by atoms with Gasteiger partial charge in [-0.2, -0.15) is 0 Å². The number of para-hydroxylation sites is 1. The molecule has 2 aliphatic rings. The first-order valence-electron chi connectivity index (χ1n) is 7.32. The van der Waals surface area contributed by atoms with E-state index < -0.39 is 15.3 Å². The van der Waals surface area contributed by atoms with Crippen molar-refractivity contribution < 1.29 is 17.9 Å². The molecule has 1 fully saturated rings. The average Bonchev–Trinajstić information content (AvgIpc) is 2.68. The Bertz CT molecular complexity index is 635. The highest BCUT2D eigenvalue weighted by atomic mass is 32.2. The number of sulfonamides is 1. The molecule has 0 bridgehead atoms. The molecule has 0 amide bonds. The van der Waals surface area contributed by atoms with Crippen LogP contribution in [0.4, 0.5) is 5.69 Å². The molecule has 21 heavy (non-hydrogen) atoms. The summed E-state index contributed by atoms with van der Waals surface area (Å²) in [6, 6.07) is 7.01. The second kappa shape index (κ2) is 5.77. The lowest BCUT2D eigenvalue weighted by Gasteiger charge is -2.31. The first-order chi connectivity index (χ1) is 10.1. The molecule has 0 aliphatic carbocycles. The first-order valence-corrected chi connectivity index (χ1v) is 8.82. The molecule has 0 atom stereocenters. The van der Waals surface area contributed by atoms with Crippen LogP contribution in [0.1, 0.15) is 36.0 Å². The van der Waals surface area contributed by atoms with Crippen LogP contribution in [0, 0.1) is 0 Å². The predicted octanol–water partition coefficient (Wildman–Crippen LogP) is 1.98. The number of hydrogen-bond acceptors (Lipinski definition) is 4. The number of ether oxygens (including phenoxy) is 1. The Kier molecular flexibility index (Phi) is 3.99. The summed E-state index contributed by atoms with van der Waals surface area (Å²) in [6.45, 7) is 1.35. The lowest BCUT2D eigenvalue weighted by atomic mass is 10.1. The van der Waals surface area contributed by atoms with E-state index in [2.05, 4.69) is 0 Å². The third kappa shape index (κ3) is 2.70. The van der Waals surface area contributed by atoms with E-state index in [0.29, 0.717) is 56.7 Å². The summed E-state index contributed by atoms with van der Waals surface area (Å²) in [7, 11) is -3.44. The maximum absolute atomic E-state index is 12.9. The van der Waals surface area contributed by atoms with E-state index in [9.17, 15) is 13.2 Å². The summed E-state index contributed by atoms with van der Waals surface area (Å²) < 4.78 is 32.5. The smallest absolute Gasteiger partial charge is 0.238 e. The number of Topliss-reactive ketones (excluding diaryl/α,β-unsaturated/α-hetero) is 1. The van der Waals surface area contributed by atoms with Crippen LogP contribution in [0.2, 0.25) is 0 Å². The van der Waals surface area contributed by atoms with Gasteiger partial charge in [0.2, 0.25) is 10.0 Å². The third-order valence-electron chi connectivity index (χ3n) is 4.13. The van der Waals surface area contributed by atoms with Crippen LogP contribution in [0.5, 0.6) is 0 Å². The Morgan fingerprint density at radius 3 is 2.62 bits per heavy atom. The van der Waals surface area contributed by atoms with Gasteiger partial charge in [0, 0.05) is 31.7 Å². The molecule has 0 N–H and O–H groups in total. The van der Waals surface area contributed by atoms with Gasteiger partial charge in [0.1, 0.15) is 0 Å². The number of hydrogen-bond donors (Lipinski definition) is 0. The molecule has 2 aliphatic heterocycles. The summed E-state index contributed by atoms with van der Waals surface area (Å²) >= 11 is 0. The minimum Gasteiger partial charge on any atom is -0.381 e. The fraction of sp³-hybridized carbons (Fsp3) is 0.533. The molecule has 2 heterocycles. The molecule has 0 spiro atoms. The molecule has 6 heteroatoms. The van der Waals surface area contributed by atoms with Crippen LogP contribution < -0.4 is 4.31 Å². The molecule has 1 aromatic carbocycles. The van der Waals surface area contributed by atoms with Crippen molar-refractivity contribution in [3.8, 4) is 0 Å². The van der Waals surface area contributed by atoms with Crippen molar-refractivity contribution >= 4 is 21.5 Å². The van der Waals surface area contributed by atoms with Gasteiger partial charge in [0.15, 0.2) is 5.78 Å². The highest BCUT2D eigenvalue weighted by Crippen LogP contribution is 2.31. The van der Waals surface area contributed by atoms with Gasteiger partial charge in [-0.15, -0.1) is 0 Å². The van der Waals surface area contributed by atoms with Crippen LogP contribution in [-0.4, -0.2) is 39.2 Å². The zero-order valence-electron chi connectivity index (χ0n) is 11.8. The number of anilines is 1. The highest BCUT2D eigenvalue weighted by molar-refractivity contribution is 7.93. The lowest BCUT2D eigenvalue weighted by Crippen LogP contribution is -2.42. The molecular weight excluding hydrogens is 290 g/mol. The molecular formula is C15H19NO4S. The topological polar surface area (TPSA) is 63.7 Å². The van der Waals surface area contributed by atoms with E-state index in [4.69, 9.17) is 4.74 Å². The summed E-state index contributed by atoms with van der Waals surface area (Å²) in [5.74, 6) is 0.0234. The maximum Gasteiger partial charge on any atom is 0.238 e. The average molecular weight is 309 g/mol. The zero-order valence-corrected chi connectivity index (χ0v) is 12.6. The van der Waals surface area contributed by atoms with Crippen molar-refractivity contribution in [3.05, 3.63) is 29.8 Å². The van der Waals surface area contributed by atoms with Crippen molar-refractivity contribution in [2.24, 2.45) is 0 Å². The Labute approximate surface area is 124 Å². The van der Waals surface area contributed by atoms with Gasteiger partial charge in [-0.1, -0.05) is 12.1 Å². The van der Waals surface area contributed by atoms with Crippen LogP contribution in [0.3, 0.4) is 0 Å². The third-order valence-corrected chi connectivity index (χ3v) is 6.44. The SMILES string of the molecule is O=C1CCCN(S(=O)(=O)C2CCOCC2)c2ccccc21. The molecule has 0 radical (unpaired) electrons. The van der Waals surface area contributed by atoms with Crippen LogP contribution in [-0.2, 0) is 14.8 Å². The number of rotatable bonds is 2. The van der Waals surface area contributed by atoms with E-state index in [1.807, 2.05) is 0 Å². The number of nitrogens with zero attached hydrogens (tertiary/aromatic N) is 1. The van der Waals surface area contributed by atoms with Crippen molar-refractivity contribution in [1.29, 1.82) is 0 Å². The van der Waals surface area contributed by atoms with Gasteiger partial charge >= 0.3 is 0 Å². The van der Waals surface area contributed by atoms with Crippen molar-refractivity contribution in [2.45, 2.75) is 30.9 Å². The van der Waals surface area contributed by atoms with E-state index in [1.165, 1.54) is 4.31 Å². The summed E-state index contributed by atoms with van der Waals surface area (Å²) in [6.07, 6.45) is 2.01. The van der Waals surface area contributed by atoms with Gasteiger partial charge < -0.3 is 4.74 Å². The second-order valence-electron chi connectivity index (χ2n) is 5.47. The van der Waals surface area contributed by atoms with Crippen LogP contribution in [0.25, 0.3) is 0 Å². The minimum absolute atomic E-state index is 0.0234. The standard InChI is InChI=1S/C15H19NO4S/c17-15-6-3-9-16(14-5-2-1-4-13(14)15)21(18,19)12-7-10-20-11-8-12/h1-2,4-5,12H,3,6-11H2. The van der Waals surface area contributed by atoms with Gasteiger partial charge in [-0.05, 0) is 31.4 Å². The Hall–Kier alpha value is -1.40. The largest absolute Gasteiger partial charge is 0.381 e. The molecule has 0 aromatic heterocycles. The Morgan fingerprint density at radius 2 is 1.86 bits per heavy atom. The Morgan fingerprint density at radius 1 is 1.14 bits per heavy atom. The van der Waals surface area contributed by atoms with Crippen LogP contribution >= 0.6 is 0 Å². The molecule has 0 saturated carbocycles. The van der Waals surface area contributed by atoms with E-state index >= 15 is 0 Å². The number of ketones is 1. The molecule has 1 aromatic rings. The van der Waals surface area contributed by atoms with Gasteiger partial charge in [0.05, 0.1) is 10.9 Å². The highest BCUT2D eigenvalue weighted by Gasteiger charge is 2.36. The van der Waals surface area contributed by atoms with Gasteiger partial charge in [0.25, 0.3) is 0 Å². The molecule has 5 nitrogen and oxygen atoms in total. The zero-order chi connectivity index (χ0) is 14.9. The van der Waals surface area contributed by atoms with Crippen LogP contribution in [0.15, 0.2) is 24.3 Å². The minimum atomic E-state index is -3.44. The number of carbonyl (C=O) groups is 1. The predicted molar refractivity (Wildman–Crippen MR) is 80.1 cm³/mol. The monoisotopic (exact) mass is 309 g/mol. The van der Waals surface area contributed by atoms with Crippen molar-refractivity contribution in [1.82, 2.24) is 0 Å². The van der Waals surface area contributed by atoms with E-state index in [-0.39, 0.29) is 5.78 Å². The molecule has 1 saturated heterocycles. The second-order valence-corrected chi connectivity index (χ2v) is 7.61. The molecule has 114 valence electrons. The first kappa shape index (κ1) is 14.5. The molecule has 0 unspecified atom stereocenters. The summed E-state index contributed by atoms with van der Waals surface area (Å²) in [5.41, 5.74) is 1.05. The van der Waals surface area contributed by atoms with E-state index in [0.717, 1.165) is 0 Å². The van der Waals surface area contributed by atoms with Crippen molar-refractivity contribution in [3.63, 3.8) is 0 Å². The summed E-state index contributed by atoms with van der Waals surface area (Å²) in [4.78, 5) is 12.1. The molecule has 3 rings (SSSR count). The number of benzene rings is 1. The fourth-order valence-electron chi connectivity index (χ4n) is 2.98.